The number of ketones is 1. The monoisotopic (exact) mass is 354 g/mol. The Morgan fingerprint density at radius 3 is 2.73 bits per heavy atom. The minimum atomic E-state index is -0.266. The molecule has 0 bridgehead atoms. The highest BCUT2D eigenvalue weighted by Gasteiger charge is 2.24. The third-order valence-electron chi connectivity index (χ3n) is 5.14. The fraction of sp³-hybridized carbons (Fsp3) is 0.500. The zero-order chi connectivity index (χ0) is 18.8. The maximum Gasteiger partial charge on any atom is 0.270 e. The summed E-state index contributed by atoms with van der Waals surface area (Å²) in [5, 5.41) is 2.86. The minimum Gasteiger partial charge on any atom is -0.356 e. The van der Waals surface area contributed by atoms with Gasteiger partial charge in [0.25, 0.3) is 5.91 Å². The van der Waals surface area contributed by atoms with E-state index in [0.717, 1.165) is 42.0 Å². The summed E-state index contributed by atoms with van der Waals surface area (Å²) in [6.45, 7) is 10.1. The van der Waals surface area contributed by atoms with Crippen LogP contribution in [0.15, 0.2) is 29.1 Å². The van der Waals surface area contributed by atoms with E-state index < -0.39 is 0 Å². The predicted molar refractivity (Wildman–Crippen MR) is 101 cm³/mol. The molecule has 1 saturated heterocycles. The van der Waals surface area contributed by atoms with Crippen LogP contribution in [-0.4, -0.2) is 41.3 Å². The molecule has 1 aromatic rings. The Bertz CT molecular complexity index is 810. The van der Waals surface area contributed by atoms with Gasteiger partial charge in [0.15, 0.2) is 5.78 Å². The molecule has 6 heteroatoms. The second-order valence-corrected chi connectivity index (χ2v) is 7.45. The molecule has 0 aromatic carbocycles. The molecule has 0 spiro atoms. The number of hydrogen-bond acceptors (Lipinski definition) is 5. The van der Waals surface area contributed by atoms with Crippen LogP contribution in [0.5, 0.6) is 0 Å². The summed E-state index contributed by atoms with van der Waals surface area (Å²) in [6, 6.07) is 0. The maximum atomic E-state index is 12.6. The molecule has 0 saturated carbocycles. The number of Topliss-reactive ketones (excluding diaryl/α,β-unsaturated/α-hetero) is 1. The van der Waals surface area contributed by atoms with Crippen molar-refractivity contribution in [1.82, 2.24) is 15.3 Å². The van der Waals surface area contributed by atoms with Gasteiger partial charge in [0.05, 0.1) is 0 Å². The molecular formula is C20H26N4O2. The highest BCUT2D eigenvalue weighted by Crippen LogP contribution is 2.25. The Morgan fingerprint density at radius 2 is 2.08 bits per heavy atom. The first-order valence-corrected chi connectivity index (χ1v) is 9.11. The molecule has 1 aliphatic carbocycles. The Hall–Kier alpha value is -2.50. The molecule has 138 valence electrons. The van der Waals surface area contributed by atoms with E-state index >= 15 is 0 Å². The fourth-order valence-electron chi connectivity index (χ4n) is 3.69. The molecule has 6 nitrogen and oxygen atoms in total. The van der Waals surface area contributed by atoms with Crippen molar-refractivity contribution < 1.29 is 9.59 Å². The lowest BCUT2D eigenvalue weighted by Gasteiger charge is -2.20. The van der Waals surface area contributed by atoms with Crippen LogP contribution in [0.4, 0.5) is 5.82 Å². The van der Waals surface area contributed by atoms with Crippen molar-refractivity contribution in [3.8, 4) is 0 Å². The number of nitrogens with zero attached hydrogens (tertiary/aromatic N) is 3. The van der Waals surface area contributed by atoms with E-state index in [9.17, 15) is 9.59 Å². The number of carbonyl (C=O) groups excluding carboxylic acids is 2. The van der Waals surface area contributed by atoms with Gasteiger partial charge in [-0.3, -0.25) is 9.59 Å². The summed E-state index contributed by atoms with van der Waals surface area (Å²) >= 11 is 0. The van der Waals surface area contributed by atoms with Crippen molar-refractivity contribution in [2.75, 3.05) is 24.5 Å². The van der Waals surface area contributed by atoms with Crippen LogP contribution in [0.25, 0.3) is 0 Å². The lowest BCUT2D eigenvalue weighted by atomic mass is 9.92. The van der Waals surface area contributed by atoms with E-state index in [4.69, 9.17) is 0 Å². The third kappa shape index (κ3) is 3.69. The quantitative estimate of drug-likeness (QED) is 0.899. The number of aromatic nitrogens is 2. The minimum absolute atomic E-state index is 0.0777. The smallest absolute Gasteiger partial charge is 0.270 e. The standard InChI is InChI=1S/C20H26N4O2/c1-12-5-6-24(10-12)19-15(4)18(22-11-23-19)20(26)21-9-16-14(3)7-13(2)8-17(16)25/h7,11-12H,5-6,8-10H2,1-4H3,(H,21,26)/t12-/m0/s1. The molecule has 26 heavy (non-hydrogen) atoms. The van der Waals surface area contributed by atoms with Crippen LogP contribution >= 0.6 is 0 Å². The topological polar surface area (TPSA) is 75.2 Å². The van der Waals surface area contributed by atoms with E-state index in [0.29, 0.717) is 23.6 Å². The Labute approximate surface area is 154 Å². The van der Waals surface area contributed by atoms with E-state index in [2.05, 4.69) is 27.1 Å². The highest BCUT2D eigenvalue weighted by atomic mass is 16.2. The molecule has 0 radical (unpaired) electrons. The number of nitrogens with one attached hydrogen (secondary N) is 1. The summed E-state index contributed by atoms with van der Waals surface area (Å²) in [5.41, 5.74) is 3.81. The maximum absolute atomic E-state index is 12.6. The summed E-state index contributed by atoms with van der Waals surface area (Å²) in [5.74, 6) is 1.27. The molecule has 2 heterocycles. The van der Waals surface area contributed by atoms with Gasteiger partial charge < -0.3 is 10.2 Å². The van der Waals surface area contributed by atoms with Crippen LogP contribution in [0, 0.1) is 12.8 Å². The number of rotatable bonds is 4. The molecule has 3 rings (SSSR count). The Kier molecular flexibility index (Phi) is 5.20. The van der Waals surface area contributed by atoms with Gasteiger partial charge >= 0.3 is 0 Å². The van der Waals surface area contributed by atoms with Gasteiger partial charge in [-0.1, -0.05) is 18.6 Å². The number of amides is 1. The van der Waals surface area contributed by atoms with Crippen LogP contribution in [0.2, 0.25) is 0 Å². The van der Waals surface area contributed by atoms with Crippen molar-refractivity contribution in [1.29, 1.82) is 0 Å². The van der Waals surface area contributed by atoms with Gasteiger partial charge in [-0.25, -0.2) is 9.97 Å². The molecule has 0 unspecified atom stereocenters. The zero-order valence-electron chi connectivity index (χ0n) is 15.9. The molecule has 2 aliphatic rings. The van der Waals surface area contributed by atoms with Crippen LogP contribution < -0.4 is 10.2 Å². The molecular weight excluding hydrogens is 328 g/mol. The third-order valence-corrected chi connectivity index (χ3v) is 5.14. The average molecular weight is 354 g/mol. The van der Waals surface area contributed by atoms with Gasteiger partial charge in [-0.05, 0) is 38.7 Å². The summed E-state index contributed by atoms with van der Waals surface area (Å²) < 4.78 is 0. The fourth-order valence-corrected chi connectivity index (χ4v) is 3.69. The van der Waals surface area contributed by atoms with Crippen molar-refractivity contribution in [3.63, 3.8) is 0 Å². The SMILES string of the molecule is CC1=CC(C)=C(CNC(=O)c2ncnc(N3CC[C@H](C)C3)c2C)C(=O)C1. The molecule has 1 N–H and O–H groups in total. The first-order valence-electron chi connectivity index (χ1n) is 9.11. The lowest BCUT2D eigenvalue weighted by Crippen LogP contribution is -2.31. The van der Waals surface area contributed by atoms with Gasteiger partial charge in [0, 0.05) is 37.2 Å². The number of allylic oxidation sites excluding steroid dienone is 3. The predicted octanol–water partition coefficient (Wildman–Crippen LogP) is 2.60. The van der Waals surface area contributed by atoms with E-state index in [-0.39, 0.29) is 18.2 Å². The molecule has 1 atom stereocenters. The largest absolute Gasteiger partial charge is 0.356 e. The molecule has 1 fully saturated rings. The molecule has 1 amide bonds. The van der Waals surface area contributed by atoms with Crippen molar-refractivity contribution in [2.24, 2.45) is 5.92 Å². The van der Waals surface area contributed by atoms with Gasteiger partial charge in [-0.2, -0.15) is 0 Å². The molecule has 1 aromatic heterocycles. The van der Waals surface area contributed by atoms with E-state index in [1.165, 1.54) is 6.33 Å². The van der Waals surface area contributed by atoms with Gasteiger partial charge in [-0.15, -0.1) is 0 Å². The van der Waals surface area contributed by atoms with Crippen molar-refractivity contribution in [2.45, 2.75) is 40.5 Å². The number of hydrogen-bond donors (Lipinski definition) is 1. The zero-order valence-corrected chi connectivity index (χ0v) is 15.9. The number of carbonyl (C=O) groups is 2. The van der Waals surface area contributed by atoms with Gasteiger partial charge in [0.1, 0.15) is 17.8 Å². The first kappa shape index (κ1) is 18.3. The lowest BCUT2D eigenvalue weighted by molar-refractivity contribution is -0.115. The number of anilines is 1. The van der Waals surface area contributed by atoms with Crippen molar-refractivity contribution in [3.05, 3.63) is 40.4 Å². The Balaban J connectivity index is 1.75. The van der Waals surface area contributed by atoms with Crippen LogP contribution in [-0.2, 0) is 4.79 Å². The second kappa shape index (κ2) is 7.40. The summed E-state index contributed by atoms with van der Waals surface area (Å²) in [7, 11) is 0. The van der Waals surface area contributed by atoms with E-state index in [1.807, 2.05) is 26.8 Å². The summed E-state index contributed by atoms with van der Waals surface area (Å²) in [4.78, 5) is 35.6. The van der Waals surface area contributed by atoms with Crippen molar-refractivity contribution >= 4 is 17.5 Å². The van der Waals surface area contributed by atoms with E-state index in [1.54, 1.807) is 0 Å². The first-order chi connectivity index (χ1) is 12.4. The van der Waals surface area contributed by atoms with Gasteiger partial charge in [0.2, 0.25) is 0 Å². The van der Waals surface area contributed by atoms with Crippen LogP contribution in [0.3, 0.4) is 0 Å². The van der Waals surface area contributed by atoms with Crippen LogP contribution in [0.1, 0.15) is 49.7 Å². The normalized spacial score (nSPS) is 20.5. The Morgan fingerprint density at radius 1 is 1.31 bits per heavy atom. The second-order valence-electron chi connectivity index (χ2n) is 7.45. The highest BCUT2D eigenvalue weighted by molar-refractivity contribution is 6.01. The average Bonchev–Trinajstić information content (AvgIpc) is 3.00. The molecule has 1 aliphatic heterocycles. The summed E-state index contributed by atoms with van der Waals surface area (Å²) in [6.07, 6.45) is 5.01.